The zero-order valence-corrected chi connectivity index (χ0v) is 13.8. The van der Waals surface area contributed by atoms with E-state index in [2.05, 4.69) is 17.2 Å². The minimum atomic E-state index is -0.886. The Morgan fingerprint density at radius 3 is 2.92 bits per heavy atom. The summed E-state index contributed by atoms with van der Waals surface area (Å²) < 4.78 is 19.1. The molecule has 0 bridgehead atoms. The molecule has 2 unspecified atom stereocenters. The number of rotatable bonds is 3. The van der Waals surface area contributed by atoms with Crippen LogP contribution in [0.5, 0.6) is 0 Å². The molecule has 0 saturated carbocycles. The fourth-order valence-electron chi connectivity index (χ4n) is 3.15. The van der Waals surface area contributed by atoms with E-state index >= 15 is 0 Å². The first-order valence-electron chi connectivity index (χ1n) is 8.11. The van der Waals surface area contributed by atoms with Crippen LogP contribution in [0.2, 0.25) is 0 Å². The molecule has 0 aliphatic carbocycles. The number of halogens is 1. The lowest BCUT2D eigenvalue weighted by Crippen LogP contribution is -2.54. The molecule has 132 valence electrons. The third-order valence-electron chi connectivity index (χ3n) is 4.43. The van der Waals surface area contributed by atoms with Crippen molar-refractivity contribution in [2.24, 2.45) is 0 Å². The Labute approximate surface area is 145 Å². The first-order chi connectivity index (χ1) is 12.0. The van der Waals surface area contributed by atoms with Crippen LogP contribution < -0.4 is 5.32 Å². The molecular weight excluding hydrogens is 327 g/mol. The number of carbonyl (C=O) groups is 2. The van der Waals surface area contributed by atoms with Crippen LogP contribution >= 0.6 is 0 Å². The number of nitrogens with zero attached hydrogens (tertiary/aromatic N) is 1. The van der Waals surface area contributed by atoms with Crippen molar-refractivity contribution in [2.75, 3.05) is 13.7 Å². The highest BCUT2D eigenvalue weighted by Gasteiger charge is 2.40. The van der Waals surface area contributed by atoms with Gasteiger partial charge in [-0.25, -0.2) is 4.39 Å². The summed E-state index contributed by atoms with van der Waals surface area (Å²) in [6.07, 6.45) is 0.308. The van der Waals surface area contributed by atoms with E-state index < -0.39 is 24.0 Å². The van der Waals surface area contributed by atoms with Crippen molar-refractivity contribution in [3.63, 3.8) is 0 Å². The topological polar surface area (TPSA) is 78.9 Å². The van der Waals surface area contributed by atoms with E-state index in [4.69, 9.17) is 4.74 Å². The third-order valence-corrected chi connectivity index (χ3v) is 4.43. The number of amides is 2. The lowest BCUT2D eigenvalue weighted by Gasteiger charge is -2.32. The van der Waals surface area contributed by atoms with E-state index in [-0.39, 0.29) is 18.0 Å². The van der Waals surface area contributed by atoms with Crippen molar-refractivity contribution < 1.29 is 23.8 Å². The molecule has 1 saturated heterocycles. The molecule has 2 aliphatic rings. The number of benzene rings is 1. The summed E-state index contributed by atoms with van der Waals surface area (Å²) in [5.74, 6) is 4.43. The zero-order valence-electron chi connectivity index (χ0n) is 13.8. The second-order valence-corrected chi connectivity index (χ2v) is 6.04. The second-order valence-electron chi connectivity index (χ2n) is 6.04. The Hall–Kier alpha value is -2.43. The molecule has 2 heterocycles. The third kappa shape index (κ3) is 3.36. The van der Waals surface area contributed by atoms with Crippen molar-refractivity contribution in [2.45, 2.75) is 38.1 Å². The van der Waals surface area contributed by atoms with Gasteiger partial charge in [0.15, 0.2) is 0 Å². The maximum Gasteiger partial charge on any atom is 0.255 e. The van der Waals surface area contributed by atoms with E-state index in [0.717, 1.165) is 0 Å². The normalized spacial score (nSPS) is 22.3. The molecule has 2 N–H and O–H groups in total. The van der Waals surface area contributed by atoms with Gasteiger partial charge in [0.05, 0.1) is 12.2 Å². The lowest BCUT2D eigenvalue weighted by atomic mass is 10.0. The van der Waals surface area contributed by atoms with Crippen LogP contribution in [0, 0.1) is 17.7 Å². The molecule has 1 aromatic rings. The van der Waals surface area contributed by atoms with Gasteiger partial charge in [-0.15, -0.1) is 0 Å². The summed E-state index contributed by atoms with van der Waals surface area (Å²) >= 11 is 0. The number of aliphatic hydroxyl groups excluding tert-OH is 1. The highest BCUT2D eigenvalue weighted by Crippen LogP contribution is 2.31. The average Bonchev–Trinajstić information content (AvgIpc) is 2.90. The van der Waals surface area contributed by atoms with E-state index in [1.165, 1.54) is 17.0 Å². The number of piperidine rings is 1. The zero-order chi connectivity index (χ0) is 18.0. The van der Waals surface area contributed by atoms with Gasteiger partial charge in [0.25, 0.3) is 5.91 Å². The minimum Gasteiger partial charge on any atom is -0.384 e. The molecule has 2 atom stereocenters. The summed E-state index contributed by atoms with van der Waals surface area (Å²) in [7, 11) is 1.56. The van der Waals surface area contributed by atoms with Crippen molar-refractivity contribution in [3.05, 3.63) is 34.6 Å². The molecule has 0 spiro atoms. The summed E-state index contributed by atoms with van der Waals surface area (Å²) in [6, 6.07) is 1.99. The highest BCUT2D eigenvalue weighted by atomic mass is 19.1. The van der Waals surface area contributed by atoms with Crippen LogP contribution in [0.4, 0.5) is 4.39 Å². The van der Waals surface area contributed by atoms with Crippen LogP contribution in [0.25, 0.3) is 0 Å². The van der Waals surface area contributed by atoms with Crippen LogP contribution in [0.15, 0.2) is 12.1 Å². The van der Waals surface area contributed by atoms with Gasteiger partial charge in [0.2, 0.25) is 5.91 Å². The van der Waals surface area contributed by atoms with Crippen molar-refractivity contribution in [1.82, 2.24) is 10.2 Å². The highest BCUT2D eigenvalue weighted by molar-refractivity contribution is 6.01. The quantitative estimate of drug-likeness (QED) is 0.626. The number of hydrogen-bond donors (Lipinski definition) is 2. The van der Waals surface area contributed by atoms with E-state index in [1.54, 1.807) is 7.11 Å². The molecule has 7 heteroatoms. The van der Waals surface area contributed by atoms with Gasteiger partial charge in [-0.2, -0.15) is 0 Å². The largest absolute Gasteiger partial charge is 0.384 e. The predicted molar refractivity (Wildman–Crippen MR) is 86.8 cm³/mol. The SMILES string of the molecule is COCCC#Cc1c(F)ccc2c1CN(C1CCC(O)NC1=O)C2=O. The molecule has 0 aromatic heterocycles. The Kier molecular flexibility index (Phi) is 5.02. The van der Waals surface area contributed by atoms with Gasteiger partial charge in [0.1, 0.15) is 18.1 Å². The van der Waals surface area contributed by atoms with Crippen LogP contribution in [0.1, 0.15) is 40.7 Å². The van der Waals surface area contributed by atoms with E-state index in [1.807, 2.05) is 0 Å². The molecule has 1 aromatic carbocycles. The monoisotopic (exact) mass is 346 g/mol. The standard InChI is InChI=1S/C18H19FN2O4/c1-25-9-3-2-4-11-13-10-21(15-7-8-16(22)20-17(15)23)18(24)12(13)5-6-14(11)19/h5-6,15-16,22H,3,7-10H2,1H3,(H,20,23). The minimum absolute atomic E-state index is 0.133. The number of methoxy groups -OCH3 is 1. The van der Waals surface area contributed by atoms with Crippen LogP contribution in [0.3, 0.4) is 0 Å². The number of fused-ring (bicyclic) bond motifs is 1. The molecule has 2 amide bonds. The summed E-state index contributed by atoms with van der Waals surface area (Å²) in [6.45, 7) is 0.577. The summed E-state index contributed by atoms with van der Waals surface area (Å²) in [5, 5.41) is 11.9. The number of carbonyl (C=O) groups excluding carboxylic acids is 2. The van der Waals surface area contributed by atoms with Gasteiger partial charge in [-0.1, -0.05) is 11.8 Å². The maximum absolute atomic E-state index is 14.2. The molecule has 3 rings (SSSR count). The first kappa shape index (κ1) is 17.4. The van der Waals surface area contributed by atoms with E-state index in [9.17, 15) is 19.1 Å². The second kappa shape index (κ2) is 7.21. The molecular formula is C18H19FN2O4. The molecule has 25 heavy (non-hydrogen) atoms. The van der Waals surface area contributed by atoms with Crippen LogP contribution in [-0.2, 0) is 16.1 Å². The average molecular weight is 346 g/mol. The predicted octanol–water partition coefficient (Wildman–Crippen LogP) is 0.766. The molecule has 2 aliphatic heterocycles. The van der Waals surface area contributed by atoms with Gasteiger partial charge >= 0.3 is 0 Å². The maximum atomic E-state index is 14.2. The molecule has 6 nitrogen and oxygen atoms in total. The van der Waals surface area contributed by atoms with Crippen molar-refractivity contribution in [1.29, 1.82) is 0 Å². The number of aliphatic hydroxyl groups is 1. The first-order valence-corrected chi connectivity index (χ1v) is 8.11. The Morgan fingerprint density at radius 1 is 1.40 bits per heavy atom. The Balaban J connectivity index is 1.87. The lowest BCUT2D eigenvalue weighted by molar-refractivity contribution is -0.132. The Bertz CT molecular complexity index is 768. The van der Waals surface area contributed by atoms with E-state index in [0.29, 0.717) is 37.0 Å². The van der Waals surface area contributed by atoms with Gasteiger partial charge in [-0.3, -0.25) is 9.59 Å². The van der Waals surface area contributed by atoms with Gasteiger partial charge < -0.3 is 20.1 Å². The van der Waals surface area contributed by atoms with Crippen LogP contribution in [-0.4, -0.2) is 47.8 Å². The number of ether oxygens (including phenoxy) is 1. The Morgan fingerprint density at radius 2 is 2.20 bits per heavy atom. The van der Waals surface area contributed by atoms with Gasteiger partial charge in [-0.05, 0) is 25.0 Å². The molecule has 0 radical (unpaired) electrons. The van der Waals surface area contributed by atoms with Crippen molar-refractivity contribution in [3.8, 4) is 11.8 Å². The number of nitrogens with one attached hydrogen (secondary N) is 1. The van der Waals surface area contributed by atoms with Gasteiger partial charge in [0, 0.05) is 31.2 Å². The fraction of sp³-hybridized carbons (Fsp3) is 0.444. The smallest absolute Gasteiger partial charge is 0.255 e. The summed E-state index contributed by atoms with van der Waals surface area (Å²) in [5.41, 5.74) is 1.07. The fourth-order valence-corrected chi connectivity index (χ4v) is 3.15. The summed E-state index contributed by atoms with van der Waals surface area (Å²) in [4.78, 5) is 26.2. The number of hydrogen-bond acceptors (Lipinski definition) is 4. The van der Waals surface area contributed by atoms with Crippen molar-refractivity contribution >= 4 is 11.8 Å². The molecule has 1 fully saturated rings.